The van der Waals surface area contributed by atoms with Crippen LogP contribution in [0.5, 0.6) is 0 Å². The minimum atomic E-state index is -4.39. The molecule has 0 spiro atoms. The molecule has 0 fully saturated rings. The van der Waals surface area contributed by atoms with Crippen LogP contribution in [0.25, 0.3) is 0 Å². The van der Waals surface area contributed by atoms with E-state index in [1.165, 1.54) is 6.07 Å². The van der Waals surface area contributed by atoms with E-state index in [0.29, 0.717) is 17.7 Å². The Kier molecular flexibility index (Phi) is 4.49. The second-order valence-electron chi connectivity index (χ2n) is 5.92. The van der Waals surface area contributed by atoms with Crippen LogP contribution in [0.1, 0.15) is 17.5 Å². The van der Waals surface area contributed by atoms with E-state index in [1.54, 1.807) is 0 Å². The van der Waals surface area contributed by atoms with Crippen molar-refractivity contribution in [3.8, 4) is 0 Å². The van der Waals surface area contributed by atoms with Gasteiger partial charge in [0.1, 0.15) is 6.10 Å². The van der Waals surface area contributed by atoms with Gasteiger partial charge >= 0.3 is 6.18 Å². The smallest absolute Gasteiger partial charge is 0.391 e. The SMILES string of the molecule is CS(C)(C)CC1CC(c2cc(C(F)(F)F)ccc2Cl)=NO1. The number of halogens is 4. The first kappa shape index (κ1) is 16.5. The molecule has 1 aliphatic heterocycles. The summed E-state index contributed by atoms with van der Waals surface area (Å²) in [5.74, 6) is 0.858. The monoisotopic (exact) mass is 339 g/mol. The van der Waals surface area contributed by atoms with Crippen molar-refractivity contribution in [2.24, 2.45) is 5.16 Å². The molecular formula is C14H17ClF3NOS. The molecule has 1 unspecified atom stereocenters. The average Bonchev–Trinajstić information content (AvgIpc) is 2.73. The first-order valence-electron chi connectivity index (χ1n) is 6.32. The predicted molar refractivity (Wildman–Crippen MR) is 82.7 cm³/mol. The van der Waals surface area contributed by atoms with Crippen molar-refractivity contribution in [3.05, 3.63) is 34.3 Å². The Bertz CT molecular complexity index is 566. The minimum Gasteiger partial charge on any atom is -0.391 e. The molecule has 0 bridgehead atoms. The van der Waals surface area contributed by atoms with Gasteiger partial charge < -0.3 is 4.84 Å². The number of nitrogens with zero attached hydrogens (tertiary/aromatic N) is 1. The van der Waals surface area contributed by atoms with Crippen LogP contribution >= 0.6 is 21.6 Å². The summed E-state index contributed by atoms with van der Waals surface area (Å²) in [7, 11) is -0.766. The van der Waals surface area contributed by atoms with E-state index in [9.17, 15) is 13.2 Å². The van der Waals surface area contributed by atoms with Crippen molar-refractivity contribution >= 4 is 27.3 Å². The van der Waals surface area contributed by atoms with Gasteiger partial charge in [0.25, 0.3) is 0 Å². The van der Waals surface area contributed by atoms with Crippen LogP contribution in [0, 0.1) is 0 Å². The maximum Gasteiger partial charge on any atom is 0.416 e. The Morgan fingerprint density at radius 2 is 2.00 bits per heavy atom. The normalized spacial score (nSPS) is 20.1. The second kappa shape index (κ2) is 5.72. The zero-order valence-electron chi connectivity index (χ0n) is 12.0. The Balaban J connectivity index is 2.20. The van der Waals surface area contributed by atoms with Crippen molar-refractivity contribution in [1.29, 1.82) is 0 Å². The number of alkyl halides is 3. The number of oxime groups is 1. The molecule has 2 rings (SSSR count). The molecule has 1 aromatic carbocycles. The highest BCUT2D eigenvalue weighted by Gasteiger charge is 2.33. The average molecular weight is 340 g/mol. The largest absolute Gasteiger partial charge is 0.416 e. The van der Waals surface area contributed by atoms with E-state index in [0.717, 1.165) is 17.9 Å². The molecule has 0 saturated heterocycles. The summed E-state index contributed by atoms with van der Waals surface area (Å²) in [6, 6.07) is 3.26. The fourth-order valence-electron chi connectivity index (χ4n) is 2.16. The zero-order valence-corrected chi connectivity index (χ0v) is 13.6. The molecule has 1 aromatic rings. The van der Waals surface area contributed by atoms with Gasteiger partial charge in [0, 0.05) is 22.8 Å². The number of hydrogen-bond acceptors (Lipinski definition) is 2. The third-order valence-corrected chi connectivity index (χ3v) is 4.72. The second-order valence-corrected chi connectivity index (χ2v) is 10.8. The fourth-order valence-corrected chi connectivity index (χ4v) is 3.68. The molecule has 1 atom stereocenters. The quantitative estimate of drug-likeness (QED) is 0.792. The molecule has 0 saturated carbocycles. The lowest BCUT2D eigenvalue weighted by Crippen LogP contribution is -2.18. The molecule has 7 heteroatoms. The summed E-state index contributed by atoms with van der Waals surface area (Å²) in [4.78, 5) is 5.35. The summed E-state index contributed by atoms with van der Waals surface area (Å²) in [5.41, 5.74) is 0.0622. The van der Waals surface area contributed by atoms with Gasteiger partial charge in [-0.15, -0.1) is 0 Å². The summed E-state index contributed by atoms with van der Waals surface area (Å²) in [6.45, 7) is 0. The molecule has 0 aromatic heterocycles. The van der Waals surface area contributed by atoms with Gasteiger partial charge in [-0.05, 0) is 37.0 Å². The van der Waals surface area contributed by atoms with E-state index >= 15 is 0 Å². The third-order valence-electron chi connectivity index (χ3n) is 3.02. The van der Waals surface area contributed by atoms with Gasteiger partial charge in [-0.1, -0.05) is 16.8 Å². The molecule has 1 heterocycles. The van der Waals surface area contributed by atoms with Gasteiger partial charge in [0.15, 0.2) is 0 Å². The standard InChI is InChI=1S/C14H17ClF3NOS/c1-21(2,3)8-10-7-13(19-20-10)11-6-9(14(16,17)18)4-5-12(11)15/h4-6,10H,7-8H2,1-3H3. The molecule has 0 aliphatic carbocycles. The molecule has 21 heavy (non-hydrogen) atoms. The van der Waals surface area contributed by atoms with Crippen LogP contribution in [0.2, 0.25) is 5.02 Å². The highest BCUT2D eigenvalue weighted by molar-refractivity contribution is 8.32. The molecule has 0 N–H and O–H groups in total. The lowest BCUT2D eigenvalue weighted by molar-refractivity contribution is -0.137. The minimum absolute atomic E-state index is 0.0828. The van der Waals surface area contributed by atoms with Crippen LogP contribution < -0.4 is 0 Å². The lowest BCUT2D eigenvalue weighted by Gasteiger charge is -2.27. The van der Waals surface area contributed by atoms with Gasteiger partial charge in [-0.25, -0.2) is 10.0 Å². The summed E-state index contributed by atoms with van der Waals surface area (Å²) in [6.07, 6.45) is 2.49. The number of hydrogen-bond donors (Lipinski definition) is 0. The Hall–Kier alpha value is -0.880. The molecule has 2 nitrogen and oxygen atoms in total. The highest BCUT2D eigenvalue weighted by atomic mass is 35.5. The molecule has 0 radical (unpaired) electrons. The van der Waals surface area contributed by atoms with Crippen LogP contribution in [-0.4, -0.2) is 36.3 Å². The van der Waals surface area contributed by atoms with Crippen LogP contribution in [0.4, 0.5) is 13.2 Å². The molecular weight excluding hydrogens is 323 g/mol. The molecule has 118 valence electrons. The Labute approximate surface area is 128 Å². The van der Waals surface area contributed by atoms with Gasteiger partial charge in [0.2, 0.25) is 0 Å². The van der Waals surface area contributed by atoms with Gasteiger partial charge in [-0.3, -0.25) is 0 Å². The van der Waals surface area contributed by atoms with Gasteiger partial charge in [-0.2, -0.15) is 13.2 Å². The number of benzene rings is 1. The van der Waals surface area contributed by atoms with E-state index in [-0.39, 0.29) is 11.1 Å². The van der Waals surface area contributed by atoms with Crippen molar-refractivity contribution in [2.45, 2.75) is 18.7 Å². The maximum absolute atomic E-state index is 12.8. The van der Waals surface area contributed by atoms with E-state index in [1.807, 2.05) is 0 Å². The van der Waals surface area contributed by atoms with Crippen molar-refractivity contribution in [2.75, 3.05) is 24.5 Å². The van der Waals surface area contributed by atoms with Crippen molar-refractivity contribution in [1.82, 2.24) is 0 Å². The van der Waals surface area contributed by atoms with Crippen LogP contribution in [-0.2, 0) is 11.0 Å². The summed E-state index contributed by atoms with van der Waals surface area (Å²) in [5, 5.41) is 4.19. The Morgan fingerprint density at radius 3 is 2.57 bits per heavy atom. The highest BCUT2D eigenvalue weighted by Crippen LogP contribution is 2.39. The van der Waals surface area contributed by atoms with Gasteiger partial charge in [0.05, 0.1) is 11.3 Å². The lowest BCUT2D eigenvalue weighted by atomic mass is 10.0. The molecule has 0 amide bonds. The Morgan fingerprint density at radius 1 is 1.33 bits per heavy atom. The summed E-state index contributed by atoms with van der Waals surface area (Å²) >= 11 is 6.01. The van der Waals surface area contributed by atoms with Crippen LogP contribution in [0.3, 0.4) is 0 Å². The fraction of sp³-hybridized carbons (Fsp3) is 0.500. The zero-order chi connectivity index (χ0) is 15.8. The summed E-state index contributed by atoms with van der Waals surface area (Å²) < 4.78 is 38.3. The van der Waals surface area contributed by atoms with E-state index in [2.05, 4.69) is 23.9 Å². The van der Waals surface area contributed by atoms with Crippen LogP contribution in [0.15, 0.2) is 23.4 Å². The first-order valence-corrected chi connectivity index (χ1v) is 9.72. The first-order chi connectivity index (χ1) is 9.56. The predicted octanol–water partition coefficient (Wildman–Crippen LogP) is 4.55. The van der Waals surface area contributed by atoms with E-state index in [4.69, 9.17) is 16.4 Å². The topological polar surface area (TPSA) is 21.6 Å². The number of rotatable bonds is 3. The van der Waals surface area contributed by atoms with Crippen molar-refractivity contribution in [3.63, 3.8) is 0 Å². The molecule has 1 aliphatic rings. The maximum atomic E-state index is 12.8. The third kappa shape index (κ3) is 4.30. The van der Waals surface area contributed by atoms with E-state index < -0.39 is 21.8 Å². The van der Waals surface area contributed by atoms with Crippen molar-refractivity contribution < 1.29 is 18.0 Å².